The van der Waals surface area contributed by atoms with Crippen LogP contribution < -0.4 is 0 Å². The lowest BCUT2D eigenvalue weighted by molar-refractivity contribution is -0.138. The van der Waals surface area contributed by atoms with Crippen LogP contribution >= 0.6 is 22.9 Å². The number of benzene rings is 1. The molecule has 0 radical (unpaired) electrons. The summed E-state index contributed by atoms with van der Waals surface area (Å²) in [5.41, 5.74) is 0. The summed E-state index contributed by atoms with van der Waals surface area (Å²) in [6.45, 7) is 3.09. The van der Waals surface area contributed by atoms with Gasteiger partial charge in [-0.1, -0.05) is 29.8 Å². The molecule has 4 nitrogen and oxygen atoms in total. The molecule has 1 saturated heterocycles. The molecule has 1 fully saturated rings. The van der Waals surface area contributed by atoms with Crippen LogP contribution in [0.4, 0.5) is 0 Å². The standard InChI is InChI=1S/C16H16ClNO3S/c1-10(15(19)18-8-4-5-9-18)21-16(20)14-13(17)11-6-2-3-7-12(11)22-14/h2-3,6-7,10H,4-5,8-9H2,1H3. The van der Waals surface area contributed by atoms with Crippen molar-refractivity contribution >= 4 is 44.9 Å². The summed E-state index contributed by atoms with van der Waals surface area (Å²) >= 11 is 7.54. The van der Waals surface area contributed by atoms with E-state index >= 15 is 0 Å². The first kappa shape index (κ1) is 15.3. The van der Waals surface area contributed by atoms with Crippen LogP contribution in [0.1, 0.15) is 29.4 Å². The number of esters is 1. The molecule has 2 aromatic rings. The highest BCUT2D eigenvalue weighted by atomic mass is 35.5. The summed E-state index contributed by atoms with van der Waals surface area (Å²) in [6, 6.07) is 7.53. The third kappa shape index (κ3) is 2.83. The summed E-state index contributed by atoms with van der Waals surface area (Å²) in [4.78, 5) is 26.6. The number of carbonyl (C=O) groups is 2. The Balaban J connectivity index is 1.75. The molecule has 0 saturated carbocycles. The Bertz CT molecular complexity index is 721. The van der Waals surface area contributed by atoms with E-state index in [0.29, 0.717) is 9.90 Å². The van der Waals surface area contributed by atoms with Gasteiger partial charge in [0.25, 0.3) is 5.91 Å². The number of thiophene rings is 1. The van der Waals surface area contributed by atoms with Crippen molar-refractivity contribution in [1.82, 2.24) is 4.90 Å². The van der Waals surface area contributed by atoms with Crippen molar-refractivity contribution in [3.8, 4) is 0 Å². The molecule has 0 bridgehead atoms. The summed E-state index contributed by atoms with van der Waals surface area (Å²) in [6.07, 6.45) is 1.23. The smallest absolute Gasteiger partial charge is 0.350 e. The maximum absolute atomic E-state index is 12.3. The second-order valence-electron chi connectivity index (χ2n) is 5.32. The van der Waals surface area contributed by atoms with Crippen molar-refractivity contribution in [2.24, 2.45) is 0 Å². The second-order valence-corrected chi connectivity index (χ2v) is 6.75. The molecule has 1 atom stereocenters. The zero-order valence-electron chi connectivity index (χ0n) is 12.2. The number of amides is 1. The Morgan fingerprint density at radius 2 is 1.95 bits per heavy atom. The molecule has 1 aliphatic heterocycles. The second kappa shape index (κ2) is 6.26. The van der Waals surface area contributed by atoms with Gasteiger partial charge in [-0.3, -0.25) is 4.79 Å². The SMILES string of the molecule is CC(OC(=O)c1sc2ccccc2c1Cl)C(=O)N1CCCC1. The van der Waals surface area contributed by atoms with Gasteiger partial charge >= 0.3 is 5.97 Å². The molecule has 1 aromatic heterocycles. The molecule has 1 unspecified atom stereocenters. The molecule has 1 aliphatic rings. The molecule has 3 rings (SSSR count). The topological polar surface area (TPSA) is 46.6 Å². The van der Waals surface area contributed by atoms with Gasteiger partial charge in [-0.15, -0.1) is 11.3 Å². The fraction of sp³-hybridized carbons (Fsp3) is 0.375. The van der Waals surface area contributed by atoms with E-state index in [1.54, 1.807) is 11.8 Å². The van der Waals surface area contributed by atoms with Crippen molar-refractivity contribution in [2.45, 2.75) is 25.9 Å². The fourth-order valence-electron chi connectivity index (χ4n) is 2.60. The summed E-state index contributed by atoms with van der Waals surface area (Å²) in [5, 5.41) is 1.23. The monoisotopic (exact) mass is 337 g/mol. The Hall–Kier alpha value is -1.59. The van der Waals surface area contributed by atoms with Crippen molar-refractivity contribution in [1.29, 1.82) is 0 Å². The Kier molecular flexibility index (Phi) is 4.36. The largest absolute Gasteiger partial charge is 0.448 e. The quantitative estimate of drug-likeness (QED) is 0.802. The minimum atomic E-state index is -0.785. The van der Waals surface area contributed by atoms with Crippen LogP contribution in [0.5, 0.6) is 0 Å². The number of fused-ring (bicyclic) bond motifs is 1. The number of ether oxygens (including phenoxy) is 1. The molecule has 1 aromatic carbocycles. The molecule has 0 spiro atoms. The highest BCUT2D eigenvalue weighted by Gasteiger charge is 2.28. The van der Waals surface area contributed by atoms with Crippen LogP contribution in [-0.2, 0) is 9.53 Å². The number of rotatable bonds is 3. The highest BCUT2D eigenvalue weighted by Crippen LogP contribution is 2.35. The predicted molar refractivity (Wildman–Crippen MR) is 87.5 cm³/mol. The van der Waals surface area contributed by atoms with Gasteiger partial charge in [-0.05, 0) is 25.8 Å². The Morgan fingerprint density at radius 1 is 1.27 bits per heavy atom. The lowest BCUT2D eigenvalue weighted by atomic mass is 10.2. The maximum Gasteiger partial charge on any atom is 0.350 e. The normalized spacial score (nSPS) is 16.0. The van der Waals surface area contributed by atoms with Gasteiger partial charge in [0.15, 0.2) is 6.10 Å². The van der Waals surface area contributed by atoms with Crippen LogP contribution in [0.3, 0.4) is 0 Å². The van der Waals surface area contributed by atoms with E-state index in [0.717, 1.165) is 36.0 Å². The minimum Gasteiger partial charge on any atom is -0.448 e. The first-order valence-electron chi connectivity index (χ1n) is 7.24. The minimum absolute atomic E-state index is 0.136. The number of carbonyl (C=O) groups excluding carboxylic acids is 2. The molecule has 1 amide bonds. The first-order valence-corrected chi connectivity index (χ1v) is 8.44. The van der Waals surface area contributed by atoms with E-state index in [1.165, 1.54) is 11.3 Å². The molecule has 0 N–H and O–H groups in total. The van der Waals surface area contributed by atoms with E-state index in [4.69, 9.17) is 16.3 Å². The van der Waals surface area contributed by atoms with Crippen molar-refractivity contribution in [3.05, 3.63) is 34.2 Å². The zero-order valence-corrected chi connectivity index (χ0v) is 13.7. The first-order chi connectivity index (χ1) is 10.6. The van der Waals surface area contributed by atoms with Gasteiger partial charge in [-0.2, -0.15) is 0 Å². The fourth-order valence-corrected chi connectivity index (χ4v) is 4.00. The van der Waals surface area contributed by atoms with Crippen LogP contribution in [0.25, 0.3) is 10.1 Å². The maximum atomic E-state index is 12.3. The van der Waals surface area contributed by atoms with Crippen molar-refractivity contribution in [2.75, 3.05) is 13.1 Å². The highest BCUT2D eigenvalue weighted by molar-refractivity contribution is 7.21. The van der Waals surface area contributed by atoms with E-state index < -0.39 is 12.1 Å². The van der Waals surface area contributed by atoms with E-state index in [9.17, 15) is 9.59 Å². The lowest BCUT2D eigenvalue weighted by Crippen LogP contribution is -2.38. The molecule has 22 heavy (non-hydrogen) atoms. The average Bonchev–Trinajstić information content (AvgIpc) is 3.15. The van der Waals surface area contributed by atoms with E-state index in [1.807, 2.05) is 24.3 Å². The van der Waals surface area contributed by atoms with Crippen molar-refractivity contribution < 1.29 is 14.3 Å². The summed E-state index contributed by atoms with van der Waals surface area (Å²) in [5.74, 6) is -0.672. The van der Waals surface area contributed by atoms with Gasteiger partial charge in [0, 0.05) is 23.2 Å². The molecule has 6 heteroatoms. The number of halogens is 1. The summed E-state index contributed by atoms with van der Waals surface area (Å²) in [7, 11) is 0. The van der Waals surface area contributed by atoms with E-state index in [-0.39, 0.29) is 5.91 Å². The molecule has 0 aliphatic carbocycles. The lowest BCUT2D eigenvalue weighted by Gasteiger charge is -2.20. The van der Waals surface area contributed by atoms with Crippen LogP contribution in [0.2, 0.25) is 5.02 Å². The number of nitrogens with zero attached hydrogens (tertiary/aromatic N) is 1. The average molecular weight is 338 g/mol. The van der Waals surface area contributed by atoms with Crippen LogP contribution in [-0.4, -0.2) is 36.0 Å². The predicted octanol–water partition coefficient (Wildman–Crippen LogP) is 3.72. The molecular formula is C16H16ClNO3S. The Morgan fingerprint density at radius 3 is 2.64 bits per heavy atom. The third-order valence-corrected chi connectivity index (χ3v) is 5.43. The zero-order chi connectivity index (χ0) is 15.7. The number of likely N-dealkylation sites (tertiary alicyclic amines) is 1. The van der Waals surface area contributed by atoms with Gasteiger partial charge < -0.3 is 9.64 Å². The third-order valence-electron chi connectivity index (χ3n) is 3.77. The molecule has 2 heterocycles. The number of hydrogen-bond acceptors (Lipinski definition) is 4. The van der Waals surface area contributed by atoms with Gasteiger partial charge in [0.2, 0.25) is 0 Å². The van der Waals surface area contributed by atoms with Crippen molar-refractivity contribution in [3.63, 3.8) is 0 Å². The summed E-state index contributed by atoms with van der Waals surface area (Å²) < 4.78 is 6.25. The van der Waals surface area contributed by atoms with Crippen LogP contribution in [0, 0.1) is 0 Å². The van der Waals surface area contributed by atoms with Crippen LogP contribution in [0.15, 0.2) is 24.3 Å². The molecule has 116 valence electrons. The molecular weight excluding hydrogens is 322 g/mol. The van der Waals surface area contributed by atoms with Gasteiger partial charge in [0.1, 0.15) is 4.88 Å². The van der Waals surface area contributed by atoms with Gasteiger partial charge in [-0.25, -0.2) is 4.79 Å². The van der Waals surface area contributed by atoms with E-state index in [2.05, 4.69) is 0 Å². The van der Waals surface area contributed by atoms with Gasteiger partial charge in [0.05, 0.1) is 5.02 Å². The number of hydrogen-bond donors (Lipinski definition) is 0. The Labute approximate surface area is 137 Å².